The van der Waals surface area contributed by atoms with Crippen LogP contribution in [0.3, 0.4) is 0 Å². The molecule has 0 aromatic heterocycles. The Hall–Kier alpha value is -2.14. The summed E-state index contributed by atoms with van der Waals surface area (Å²) in [5, 5.41) is 0. The summed E-state index contributed by atoms with van der Waals surface area (Å²) in [5.41, 5.74) is 2.52. The number of hydrogen-bond donors (Lipinski definition) is 0. The van der Waals surface area contributed by atoms with Crippen molar-refractivity contribution in [2.24, 2.45) is 0 Å². The van der Waals surface area contributed by atoms with Gasteiger partial charge in [-0.3, -0.25) is 4.79 Å². The van der Waals surface area contributed by atoms with Crippen LogP contribution in [0.1, 0.15) is 34.3 Å². The number of carbonyl (C=O) groups excluding carboxylic acids is 2. The molecule has 0 radical (unpaired) electrons. The lowest BCUT2D eigenvalue weighted by Gasteiger charge is -2.30. The molecule has 128 valence electrons. The summed E-state index contributed by atoms with van der Waals surface area (Å²) in [6, 6.07) is 15.6. The van der Waals surface area contributed by atoms with Crippen LogP contribution in [-0.2, 0) is 22.5 Å². The second-order valence-corrected chi connectivity index (χ2v) is 7.50. The third-order valence-electron chi connectivity index (χ3n) is 4.68. The van der Waals surface area contributed by atoms with Crippen LogP contribution in [0.5, 0.6) is 0 Å². The Balaban J connectivity index is 1.55. The Morgan fingerprint density at radius 3 is 2.72 bits per heavy atom. The van der Waals surface area contributed by atoms with Gasteiger partial charge in [-0.25, -0.2) is 4.79 Å². The molecule has 1 atom stereocenters. The Morgan fingerprint density at radius 1 is 1.16 bits per heavy atom. The number of benzene rings is 2. The molecule has 5 heteroatoms. The highest BCUT2D eigenvalue weighted by Crippen LogP contribution is 2.31. The average molecular weight is 400 g/mol. The zero-order valence-electron chi connectivity index (χ0n) is 13.7. The van der Waals surface area contributed by atoms with Gasteiger partial charge in [0.15, 0.2) is 6.10 Å². The third kappa shape index (κ3) is 3.47. The molecule has 0 spiro atoms. The number of cyclic esters (lactones) is 1. The molecule has 1 heterocycles. The van der Waals surface area contributed by atoms with E-state index < -0.39 is 12.1 Å². The van der Waals surface area contributed by atoms with Crippen molar-refractivity contribution in [3.05, 3.63) is 69.7 Å². The first-order chi connectivity index (χ1) is 12.1. The highest BCUT2D eigenvalue weighted by Gasteiger charge is 2.39. The second-order valence-electron chi connectivity index (χ2n) is 6.58. The zero-order chi connectivity index (χ0) is 17.4. The highest BCUT2D eigenvalue weighted by atomic mass is 79.9. The van der Waals surface area contributed by atoms with E-state index in [9.17, 15) is 9.59 Å². The third-order valence-corrected chi connectivity index (χ3v) is 5.17. The number of ether oxygens (including phenoxy) is 1. The van der Waals surface area contributed by atoms with Crippen LogP contribution >= 0.6 is 15.9 Å². The van der Waals surface area contributed by atoms with Crippen LogP contribution < -0.4 is 0 Å². The van der Waals surface area contributed by atoms with Crippen molar-refractivity contribution in [1.29, 1.82) is 0 Å². The maximum Gasteiger partial charge on any atom is 0.339 e. The quantitative estimate of drug-likeness (QED) is 0.735. The van der Waals surface area contributed by atoms with Crippen molar-refractivity contribution in [3.63, 3.8) is 0 Å². The Bertz CT molecular complexity index is 831. The molecule has 2 aromatic rings. The number of hydrogen-bond acceptors (Lipinski definition) is 3. The van der Waals surface area contributed by atoms with Gasteiger partial charge in [0.25, 0.3) is 5.91 Å². The molecule has 1 unspecified atom stereocenters. The molecule has 2 aromatic carbocycles. The monoisotopic (exact) mass is 399 g/mol. The van der Waals surface area contributed by atoms with Crippen LogP contribution in [0.15, 0.2) is 53.0 Å². The lowest BCUT2D eigenvalue weighted by Crippen LogP contribution is -2.45. The van der Waals surface area contributed by atoms with E-state index in [0.29, 0.717) is 18.5 Å². The number of carbonyl (C=O) groups is 2. The van der Waals surface area contributed by atoms with Gasteiger partial charge in [0.05, 0.1) is 5.56 Å². The molecule has 4 nitrogen and oxygen atoms in total. The number of amides is 1. The van der Waals surface area contributed by atoms with E-state index in [-0.39, 0.29) is 11.9 Å². The van der Waals surface area contributed by atoms with Crippen molar-refractivity contribution in [3.8, 4) is 0 Å². The first-order valence-electron chi connectivity index (χ1n) is 8.45. The van der Waals surface area contributed by atoms with Crippen molar-refractivity contribution in [2.45, 2.75) is 38.0 Å². The summed E-state index contributed by atoms with van der Waals surface area (Å²) in [7, 11) is 0. The molecule has 0 bridgehead atoms. The van der Waals surface area contributed by atoms with Gasteiger partial charge in [0.1, 0.15) is 0 Å². The van der Waals surface area contributed by atoms with Crippen molar-refractivity contribution in [2.75, 3.05) is 0 Å². The van der Waals surface area contributed by atoms with Gasteiger partial charge in [-0.2, -0.15) is 0 Å². The average Bonchev–Trinajstić information content (AvgIpc) is 3.44. The summed E-state index contributed by atoms with van der Waals surface area (Å²) in [6.07, 6.45) is 1.74. The molecular weight excluding hydrogens is 382 g/mol. The molecule has 1 aliphatic heterocycles. The van der Waals surface area contributed by atoms with Gasteiger partial charge in [-0.05, 0) is 42.2 Å². The van der Waals surface area contributed by atoms with E-state index in [1.165, 1.54) is 0 Å². The summed E-state index contributed by atoms with van der Waals surface area (Å²) in [6.45, 7) is 0.540. The molecule has 4 rings (SSSR count). The van der Waals surface area contributed by atoms with Crippen molar-refractivity contribution in [1.82, 2.24) is 4.90 Å². The van der Waals surface area contributed by atoms with E-state index in [1.54, 1.807) is 6.07 Å². The van der Waals surface area contributed by atoms with Crippen LogP contribution in [0.4, 0.5) is 0 Å². The van der Waals surface area contributed by atoms with E-state index in [4.69, 9.17) is 4.74 Å². The smallest absolute Gasteiger partial charge is 0.339 e. The number of rotatable bonds is 4. The predicted octanol–water partition coefficient (Wildman–Crippen LogP) is 3.72. The number of fused-ring (bicyclic) bond motifs is 1. The van der Waals surface area contributed by atoms with Gasteiger partial charge in [0.2, 0.25) is 0 Å². The van der Waals surface area contributed by atoms with Gasteiger partial charge in [-0.15, -0.1) is 0 Å². The topological polar surface area (TPSA) is 46.6 Å². The van der Waals surface area contributed by atoms with Gasteiger partial charge < -0.3 is 9.64 Å². The highest BCUT2D eigenvalue weighted by molar-refractivity contribution is 9.10. The maximum atomic E-state index is 13.1. The molecule has 1 aliphatic carbocycles. The minimum absolute atomic E-state index is 0.0923. The fourth-order valence-corrected chi connectivity index (χ4v) is 3.71. The van der Waals surface area contributed by atoms with Crippen molar-refractivity contribution < 1.29 is 14.3 Å². The summed E-state index contributed by atoms with van der Waals surface area (Å²) >= 11 is 3.47. The first-order valence-corrected chi connectivity index (χ1v) is 9.25. The number of esters is 1. The molecule has 1 saturated carbocycles. The number of nitrogens with zero attached hydrogens (tertiary/aromatic N) is 1. The predicted molar refractivity (Wildman–Crippen MR) is 97.1 cm³/mol. The molecule has 1 fully saturated rings. The van der Waals surface area contributed by atoms with E-state index in [1.807, 2.05) is 47.4 Å². The standard InChI is InChI=1S/C20H18BrNO3/c21-15-6-3-4-13(10-15)12-22(16-8-9-16)19(23)18-11-14-5-1-2-7-17(14)20(24)25-18/h1-7,10,16,18H,8-9,11-12H2. The Morgan fingerprint density at radius 2 is 1.96 bits per heavy atom. The molecule has 0 saturated heterocycles. The lowest BCUT2D eigenvalue weighted by atomic mass is 9.98. The number of halogens is 1. The molecule has 0 N–H and O–H groups in total. The molecule has 2 aliphatic rings. The molecular formula is C20H18BrNO3. The van der Waals surface area contributed by atoms with Crippen LogP contribution in [0.25, 0.3) is 0 Å². The Labute approximate surface area is 154 Å². The van der Waals surface area contributed by atoms with Crippen LogP contribution in [0.2, 0.25) is 0 Å². The van der Waals surface area contributed by atoms with Crippen LogP contribution in [-0.4, -0.2) is 28.9 Å². The SMILES string of the molecule is O=C1OC(C(=O)N(Cc2cccc(Br)c2)C2CC2)Cc2ccccc21. The second kappa shape index (κ2) is 6.64. The fourth-order valence-electron chi connectivity index (χ4n) is 3.26. The zero-order valence-corrected chi connectivity index (χ0v) is 15.2. The van der Waals surface area contributed by atoms with E-state index in [0.717, 1.165) is 28.4 Å². The normalized spacial score (nSPS) is 19.1. The first kappa shape index (κ1) is 16.3. The van der Waals surface area contributed by atoms with E-state index >= 15 is 0 Å². The minimum atomic E-state index is -0.727. The van der Waals surface area contributed by atoms with E-state index in [2.05, 4.69) is 15.9 Å². The largest absolute Gasteiger partial charge is 0.448 e. The van der Waals surface area contributed by atoms with Crippen LogP contribution in [0, 0.1) is 0 Å². The Kier molecular flexibility index (Phi) is 4.34. The maximum absolute atomic E-state index is 13.1. The summed E-state index contributed by atoms with van der Waals surface area (Å²) in [4.78, 5) is 27.1. The fraction of sp³-hybridized carbons (Fsp3) is 0.300. The minimum Gasteiger partial charge on any atom is -0.448 e. The van der Waals surface area contributed by atoms with Crippen molar-refractivity contribution >= 4 is 27.8 Å². The lowest BCUT2D eigenvalue weighted by molar-refractivity contribution is -0.142. The summed E-state index contributed by atoms with van der Waals surface area (Å²) in [5.74, 6) is -0.497. The van der Waals surface area contributed by atoms with Gasteiger partial charge >= 0.3 is 5.97 Å². The molecule has 25 heavy (non-hydrogen) atoms. The summed E-state index contributed by atoms with van der Waals surface area (Å²) < 4.78 is 6.45. The van der Waals surface area contributed by atoms with Gasteiger partial charge in [0, 0.05) is 23.5 Å². The van der Waals surface area contributed by atoms with Gasteiger partial charge in [-0.1, -0.05) is 46.3 Å². The molecule has 1 amide bonds.